The lowest BCUT2D eigenvalue weighted by Gasteiger charge is -2.40. The molecule has 0 radical (unpaired) electrons. The molecule has 3 heterocycles. The Labute approximate surface area is 163 Å². The smallest absolute Gasteiger partial charge is 0.327 e. The van der Waals surface area contributed by atoms with Gasteiger partial charge in [-0.2, -0.15) is 0 Å². The van der Waals surface area contributed by atoms with E-state index in [-0.39, 0.29) is 17.9 Å². The van der Waals surface area contributed by atoms with Crippen molar-refractivity contribution in [3.05, 3.63) is 35.2 Å². The quantitative estimate of drug-likeness (QED) is 0.365. The van der Waals surface area contributed by atoms with Gasteiger partial charge in [0.15, 0.2) is 0 Å². The number of nitrogens with zero attached hydrogens (tertiary/aromatic N) is 2. The topological polar surface area (TPSA) is 126 Å². The minimum atomic E-state index is -0.980. The van der Waals surface area contributed by atoms with Crippen LogP contribution in [0.3, 0.4) is 0 Å². The lowest BCUT2D eigenvalue weighted by atomic mass is 9.83. The van der Waals surface area contributed by atoms with Crippen molar-refractivity contribution in [1.29, 1.82) is 0 Å². The highest BCUT2D eigenvalue weighted by atomic mass is 16.4. The first-order valence-electron chi connectivity index (χ1n) is 9.47. The summed E-state index contributed by atoms with van der Waals surface area (Å²) >= 11 is 0. The molecule has 3 rings (SSSR count). The molecule has 1 aromatic rings. The Morgan fingerprint density at radius 2 is 2.18 bits per heavy atom. The van der Waals surface area contributed by atoms with Crippen LogP contribution in [0.1, 0.15) is 49.2 Å². The monoisotopic (exact) mass is 386 g/mol. The van der Waals surface area contributed by atoms with Crippen LogP contribution >= 0.6 is 0 Å². The number of nitrogens with two attached hydrogens (primary N) is 1. The van der Waals surface area contributed by atoms with Gasteiger partial charge in [-0.1, -0.05) is 13.8 Å². The van der Waals surface area contributed by atoms with Crippen LogP contribution in [0.15, 0.2) is 23.9 Å². The maximum atomic E-state index is 12.5. The highest BCUT2D eigenvalue weighted by Crippen LogP contribution is 2.49. The Morgan fingerprint density at radius 1 is 1.43 bits per heavy atom. The first kappa shape index (κ1) is 20.0. The molecule has 8 heteroatoms. The fraction of sp³-hybridized carbons (Fsp3) is 0.500. The summed E-state index contributed by atoms with van der Waals surface area (Å²) < 4.78 is 0. The summed E-state index contributed by atoms with van der Waals surface area (Å²) in [6, 6.07) is 2.21. The van der Waals surface area contributed by atoms with Crippen molar-refractivity contribution in [3.63, 3.8) is 0 Å². The molecule has 150 valence electrons. The number of carbonyl (C=O) groups excluding carboxylic acids is 2. The molecule has 0 spiro atoms. The Balaban J connectivity index is 1.74. The zero-order valence-electron chi connectivity index (χ0n) is 16.1. The first-order valence-corrected chi connectivity index (χ1v) is 9.47. The molecule has 2 aliphatic rings. The lowest BCUT2D eigenvalue weighted by Crippen LogP contribution is -2.57. The van der Waals surface area contributed by atoms with Crippen LogP contribution < -0.4 is 11.1 Å². The fourth-order valence-corrected chi connectivity index (χ4v) is 4.02. The van der Waals surface area contributed by atoms with Gasteiger partial charge in [0.1, 0.15) is 6.04 Å². The fourth-order valence-electron chi connectivity index (χ4n) is 4.02. The van der Waals surface area contributed by atoms with Crippen molar-refractivity contribution in [3.8, 4) is 0 Å². The van der Waals surface area contributed by atoms with E-state index >= 15 is 0 Å². The minimum Gasteiger partial charge on any atom is -0.480 e. The molecule has 28 heavy (non-hydrogen) atoms. The Bertz CT molecular complexity index is 833. The van der Waals surface area contributed by atoms with Gasteiger partial charge in [0.25, 0.3) is 11.8 Å². The normalized spacial score (nSPS) is 24.0. The predicted molar refractivity (Wildman–Crippen MR) is 103 cm³/mol. The van der Waals surface area contributed by atoms with Gasteiger partial charge in [0.05, 0.1) is 11.7 Å². The predicted octanol–water partition coefficient (Wildman–Crippen LogP) is 1.03. The number of amides is 2. The molecule has 0 bridgehead atoms. The molecule has 2 saturated heterocycles. The maximum Gasteiger partial charge on any atom is 0.327 e. The number of unbranched alkanes of at least 4 members (excludes halogenated alkanes) is 1. The van der Waals surface area contributed by atoms with E-state index in [4.69, 9.17) is 5.73 Å². The Morgan fingerprint density at radius 3 is 2.86 bits per heavy atom. The molecule has 0 saturated carbocycles. The summed E-state index contributed by atoms with van der Waals surface area (Å²) in [7, 11) is 0. The number of pyridine rings is 1. The van der Waals surface area contributed by atoms with Crippen molar-refractivity contribution < 1.29 is 19.5 Å². The van der Waals surface area contributed by atoms with Gasteiger partial charge in [-0.15, -0.1) is 0 Å². The van der Waals surface area contributed by atoms with Crippen LogP contribution in [0.4, 0.5) is 0 Å². The van der Waals surface area contributed by atoms with Crippen molar-refractivity contribution in [2.24, 2.45) is 11.1 Å². The third kappa shape index (κ3) is 3.64. The summed E-state index contributed by atoms with van der Waals surface area (Å²) in [6.07, 6.45) is 5.44. The van der Waals surface area contributed by atoms with E-state index in [1.165, 1.54) is 11.1 Å². The summed E-state index contributed by atoms with van der Waals surface area (Å²) in [5, 5.41) is 12.3. The summed E-state index contributed by atoms with van der Waals surface area (Å²) in [6.45, 7) is 4.87. The van der Waals surface area contributed by atoms with Gasteiger partial charge in [0.2, 0.25) is 0 Å². The Hall–Kier alpha value is -2.74. The van der Waals surface area contributed by atoms with E-state index in [2.05, 4.69) is 10.3 Å². The van der Waals surface area contributed by atoms with Crippen LogP contribution in [-0.2, 0) is 9.59 Å². The van der Waals surface area contributed by atoms with Crippen LogP contribution in [0.25, 0.3) is 6.08 Å². The minimum absolute atomic E-state index is 0.200. The molecular formula is C20H26N4O4. The number of fused-ring (bicyclic) bond motifs is 1. The number of aliphatic carboxylic acids is 1. The first-order chi connectivity index (χ1) is 13.3. The molecule has 1 unspecified atom stereocenters. The molecule has 2 aliphatic heterocycles. The Kier molecular flexibility index (Phi) is 5.51. The van der Waals surface area contributed by atoms with Crippen LogP contribution in [-0.4, -0.2) is 57.9 Å². The second-order valence-corrected chi connectivity index (χ2v) is 7.98. The average molecular weight is 386 g/mol. The van der Waals surface area contributed by atoms with Crippen LogP contribution in [0, 0.1) is 5.41 Å². The number of carboxylic acids is 1. The maximum absolute atomic E-state index is 12.5. The second kappa shape index (κ2) is 7.71. The highest BCUT2D eigenvalue weighted by molar-refractivity contribution is 6.08. The summed E-state index contributed by atoms with van der Waals surface area (Å²) in [4.78, 5) is 42.1. The molecule has 0 aromatic carbocycles. The van der Waals surface area contributed by atoms with Gasteiger partial charge in [-0.3, -0.25) is 14.6 Å². The summed E-state index contributed by atoms with van der Waals surface area (Å²) in [5.74, 6) is -1.46. The van der Waals surface area contributed by atoms with Gasteiger partial charge >= 0.3 is 5.97 Å². The second-order valence-electron chi connectivity index (χ2n) is 7.98. The number of hydrogen-bond donors (Lipinski definition) is 3. The average Bonchev–Trinajstić information content (AvgIpc) is 2.91. The van der Waals surface area contributed by atoms with E-state index in [9.17, 15) is 19.5 Å². The van der Waals surface area contributed by atoms with Crippen molar-refractivity contribution in [1.82, 2.24) is 15.2 Å². The number of β-lactam (4-membered cyclic amide) rings is 1. The molecule has 2 amide bonds. The van der Waals surface area contributed by atoms with Gasteiger partial charge in [-0.25, -0.2) is 4.79 Å². The number of nitrogens with one attached hydrogen (secondary N) is 1. The zero-order valence-corrected chi connectivity index (χ0v) is 16.1. The molecular weight excluding hydrogens is 360 g/mol. The highest BCUT2D eigenvalue weighted by Gasteiger charge is 2.60. The van der Waals surface area contributed by atoms with E-state index in [0.717, 1.165) is 12.8 Å². The van der Waals surface area contributed by atoms with Crippen molar-refractivity contribution in [2.75, 3.05) is 13.1 Å². The largest absolute Gasteiger partial charge is 0.480 e. The number of aromatic nitrogens is 1. The SMILES string of the molecule is CC1(C)CC2/C(=C\c3cc(C(=O)NCCCCN)ccn3)C(=O)N2[C@H]1C(=O)O. The van der Waals surface area contributed by atoms with E-state index in [1.807, 2.05) is 13.8 Å². The third-order valence-corrected chi connectivity index (χ3v) is 5.41. The van der Waals surface area contributed by atoms with E-state index in [0.29, 0.717) is 36.3 Å². The molecule has 8 nitrogen and oxygen atoms in total. The standard InChI is InChI=1S/C20H26N4O4/c1-20(2)11-15-14(18(26)24(15)16(20)19(27)28)10-13-9-12(5-8-22-13)17(25)23-7-4-3-6-21/h5,8-10,15-16H,3-4,6-7,11,21H2,1-2H3,(H,23,25)(H,27,28)/b14-10+/t15?,16-/m0/s1. The molecule has 4 N–H and O–H groups in total. The van der Waals surface area contributed by atoms with E-state index in [1.54, 1.807) is 18.2 Å². The van der Waals surface area contributed by atoms with Crippen molar-refractivity contribution >= 4 is 23.9 Å². The molecule has 2 fully saturated rings. The number of carbonyl (C=O) groups is 3. The van der Waals surface area contributed by atoms with Crippen LogP contribution in [0.5, 0.6) is 0 Å². The molecule has 0 aliphatic carbocycles. The number of rotatable bonds is 7. The third-order valence-electron chi connectivity index (χ3n) is 5.41. The van der Waals surface area contributed by atoms with Crippen molar-refractivity contribution in [2.45, 2.75) is 45.2 Å². The zero-order chi connectivity index (χ0) is 20.5. The van der Waals surface area contributed by atoms with E-state index < -0.39 is 17.4 Å². The molecule has 1 aromatic heterocycles. The van der Waals surface area contributed by atoms with Gasteiger partial charge in [0, 0.05) is 23.9 Å². The lowest BCUT2D eigenvalue weighted by molar-refractivity contribution is -0.154. The van der Waals surface area contributed by atoms with Gasteiger partial charge < -0.3 is 21.1 Å². The van der Waals surface area contributed by atoms with Crippen LogP contribution in [0.2, 0.25) is 0 Å². The summed E-state index contributed by atoms with van der Waals surface area (Å²) in [5.41, 5.74) is 6.46. The molecule has 2 atom stereocenters. The van der Waals surface area contributed by atoms with Gasteiger partial charge in [-0.05, 0) is 49.4 Å². The number of hydrogen-bond acceptors (Lipinski definition) is 5. The number of carboxylic acid groups (broad SMARTS) is 1.